The van der Waals surface area contributed by atoms with Gasteiger partial charge in [0.25, 0.3) is 5.85 Å². The number of fused-ring (bicyclic) bond motifs is 2. The Balaban J connectivity index is 1.67. The molecule has 2 aliphatic heterocycles. The van der Waals surface area contributed by atoms with E-state index in [2.05, 4.69) is 0 Å². The Hall–Kier alpha value is -2.30. The van der Waals surface area contributed by atoms with E-state index >= 15 is 8.78 Å². The lowest BCUT2D eigenvalue weighted by atomic mass is 9.91. The molecule has 0 aromatic carbocycles. The molecule has 3 N–H and O–H groups in total. The van der Waals surface area contributed by atoms with Crippen LogP contribution >= 0.6 is 0 Å². The lowest BCUT2D eigenvalue weighted by molar-refractivity contribution is -0.125. The molecule has 1 aromatic rings. The smallest absolute Gasteiger partial charge is 0.341 e. The van der Waals surface area contributed by atoms with Gasteiger partial charge in [-0.25, -0.2) is 9.18 Å². The predicted molar refractivity (Wildman–Crippen MR) is 105 cm³/mol. The van der Waals surface area contributed by atoms with Crippen molar-refractivity contribution in [2.45, 2.75) is 43.2 Å². The SMILES string of the molecule is COC1(F)C(N2CC3CCOC3(CN)C2)=C(F)Cc2c1n(C1CC1)cc(C(=O)O)c2=O. The molecule has 10 heteroatoms. The first-order valence-corrected chi connectivity index (χ1v) is 10.5. The molecule has 3 heterocycles. The number of alkyl halides is 1. The fraction of sp³-hybridized carbons (Fsp3) is 0.619. The molecule has 0 spiro atoms. The van der Waals surface area contributed by atoms with Crippen LogP contribution < -0.4 is 11.2 Å². The van der Waals surface area contributed by atoms with E-state index in [0.717, 1.165) is 13.5 Å². The van der Waals surface area contributed by atoms with E-state index in [-0.39, 0.29) is 42.0 Å². The van der Waals surface area contributed by atoms with Gasteiger partial charge in [-0.3, -0.25) is 4.79 Å². The van der Waals surface area contributed by atoms with Crippen LogP contribution in [0.15, 0.2) is 22.5 Å². The van der Waals surface area contributed by atoms with Crippen LogP contribution in [0.4, 0.5) is 8.78 Å². The third-order valence-corrected chi connectivity index (χ3v) is 7.14. The molecule has 1 aromatic heterocycles. The minimum absolute atomic E-state index is 0.0420. The quantitative estimate of drug-likeness (QED) is 0.718. The third-order valence-electron chi connectivity index (χ3n) is 7.14. The van der Waals surface area contributed by atoms with Crippen LogP contribution in [-0.2, 0) is 21.7 Å². The van der Waals surface area contributed by atoms with Gasteiger partial charge in [0.2, 0.25) is 0 Å². The Morgan fingerprint density at radius 2 is 2.16 bits per heavy atom. The zero-order valence-electron chi connectivity index (χ0n) is 17.2. The Morgan fingerprint density at radius 3 is 2.74 bits per heavy atom. The molecule has 2 aliphatic carbocycles. The maximum atomic E-state index is 16.7. The molecule has 3 atom stereocenters. The molecule has 2 saturated heterocycles. The summed E-state index contributed by atoms with van der Waals surface area (Å²) in [5.74, 6) is -4.95. The summed E-state index contributed by atoms with van der Waals surface area (Å²) in [6.45, 7) is 1.39. The molecule has 4 aliphatic rings. The molecule has 8 nitrogen and oxygen atoms in total. The van der Waals surface area contributed by atoms with Crippen LogP contribution in [0.5, 0.6) is 0 Å². The first kappa shape index (κ1) is 20.6. The maximum Gasteiger partial charge on any atom is 0.341 e. The van der Waals surface area contributed by atoms with Gasteiger partial charge in [-0.05, 0) is 19.3 Å². The second-order valence-electron chi connectivity index (χ2n) is 8.86. The van der Waals surface area contributed by atoms with Crippen molar-refractivity contribution in [2.24, 2.45) is 11.7 Å². The molecule has 0 bridgehead atoms. The standard InChI is InChI=1S/C21H25F2N3O5/c1-30-21(23)17-13(16(27)14(19(28)29)8-26(17)12-2-3-12)6-15(22)18(21)25-7-11-4-5-31-20(11,9-24)10-25/h8,11-12H,2-7,9-10,24H2,1H3,(H,28,29). The van der Waals surface area contributed by atoms with Crippen molar-refractivity contribution < 1.29 is 28.2 Å². The van der Waals surface area contributed by atoms with Crippen molar-refractivity contribution in [3.05, 3.63) is 44.8 Å². The van der Waals surface area contributed by atoms with Crippen LogP contribution in [0.2, 0.25) is 0 Å². The van der Waals surface area contributed by atoms with Crippen molar-refractivity contribution in [1.82, 2.24) is 9.47 Å². The van der Waals surface area contributed by atoms with Crippen LogP contribution in [0.25, 0.3) is 0 Å². The van der Waals surface area contributed by atoms with E-state index in [0.29, 0.717) is 26.0 Å². The molecular formula is C21H25F2N3O5. The van der Waals surface area contributed by atoms with E-state index in [1.165, 1.54) is 10.8 Å². The van der Waals surface area contributed by atoms with Crippen LogP contribution in [-0.4, -0.2) is 59.5 Å². The number of methoxy groups -OCH3 is 1. The lowest BCUT2D eigenvalue weighted by Gasteiger charge is -2.39. The zero-order chi connectivity index (χ0) is 22.1. The lowest BCUT2D eigenvalue weighted by Crippen LogP contribution is -2.47. The maximum absolute atomic E-state index is 16.7. The van der Waals surface area contributed by atoms with Gasteiger partial charge in [0.1, 0.15) is 22.7 Å². The molecule has 0 amide bonds. The van der Waals surface area contributed by atoms with Gasteiger partial charge in [0.05, 0.1) is 5.69 Å². The number of ether oxygens (including phenoxy) is 2. The van der Waals surface area contributed by atoms with Crippen molar-refractivity contribution in [2.75, 3.05) is 33.4 Å². The molecule has 0 radical (unpaired) electrons. The minimum Gasteiger partial charge on any atom is -0.477 e. The Morgan fingerprint density at radius 1 is 1.42 bits per heavy atom. The monoisotopic (exact) mass is 437 g/mol. The van der Waals surface area contributed by atoms with E-state index < -0.39 is 40.7 Å². The van der Waals surface area contributed by atoms with Crippen molar-refractivity contribution >= 4 is 5.97 Å². The fourth-order valence-electron chi connectivity index (χ4n) is 5.43. The van der Waals surface area contributed by atoms with E-state index in [1.807, 2.05) is 0 Å². The first-order valence-electron chi connectivity index (χ1n) is 10.5. The number of aromatic nitrogens is 1. The highest BCUT2D eigenvalue weighted by Crippen LogP contribution is 2.51. The first-order chi connectivity index (χ1) is 14.8. The summed E-state index contributed by atoms with van der Waals surface area (Å²) in [6, 6.07) is -0.156. The van der Waals surface area contributed by atoms with Crippen molar-refractivity contribution in [1.29, 1.82) is 0 Å². The van der Waals surface area contributed by atoms with Crippen LogP contribution in [0.3, 0.4) is 0 Å². The highest BCUT2D eigenvalue weighted by atomic mass is 19.2. The molecule has 31 heavy (non-hydrogen) atoms. The summed E-state index contributed by atoms with van der Waals surface area (Å²) in [5, 5.41) is 9.44. The average molecular weight is 437 g/mol. The van der Waals surface area contributed by atoms with Crippen molar-refractivity contribution in [3.8, 4) is 0 Å². The molecule has 3 unspecified atom stereocenters. The number of hydrogen-bond acceptors (Lipinski definition) is 6. The Labute approximate surface area is 177 Å². The normalized spacial score (nSPS) is 32.4. The van der Waals surface area contributed by atoms with E-state index in [9.17, 15) is 14.7 Å². The summed E-state index contributed by atoms with van der Waals surface area (Å²) in [4.78, 5) is 26.0. The molecule has 1 saturated carbocycles. The molecule has 168 valence electrons. The number of carboxylic acid groups (broad SMARTS) is 1. The number of pyridine rings is 1. The van der Waals surface area contributed by atoms with Crippen molar-refractivity contribution in [3.63, 3.8) is 0 Å². The number of nitrogens with zero attached hydrogens (tertiary/aromatic N) is 2. The fourth-order valence-corrected chi connectivity index (χ4v) is 5.43. The summed E-state index contributed by atoms with van der Waals surface area (Å²) >= 11 is 0. The van der Waals surface area contributed by atoms with Gasteiger partial charge >= 0.3 is 5.97 Å². The van der Waals surface area contributed by atoms with E-state index in [1.54, 1.807) is 4.90 Å². The van der Waals surface area contributed by atoms with Gasteiger partial charge in [0, 0.05) is 63.5 Å². The van der Waals surface area contributed by atoms with Gasteiger partial charge in [-0.15, -0.1) is 0 Å². The number of carboxylic acids is 1. The number of carbonyl (C=O) groups is 1. The second kappa shape index (κ2) is 6.85. The number of halogens is 2. The third kappa shape index (κ3) is 2.81. The largest absolute Gasteiger partial charge is 0.477 e. The summed E-state index contributed by atoms with van der Waals surface area (Å²) < 4.78 is 44.8. The summed E-state index contributed by atoms with van der Waals surface area (Å²) in [6.07, 6.45) is 2.86. The summed E-state index contributed by atoms with van der Waals surface area (Å²) in [7, 11) is 1.13. The number of aromatic carboxylic acids is 1. The summed E-state index contributed by atoms with van der Waals surface area (Å²) in [5.41, 5.74) is 3.34. The molecule has 5 rings (SSSR count). The Kier molecular flexibility index (Phi) is 4.55. The number of likely N-dealkylation sites (tertiary alicyclic amines) is 1. The average Bonchev–Trinajstić information content (AvgIpc) is 3.41. The molecular weight excluding hydrogens is 412 g/mol. The van der Waals surface area contributed by atoms with Gasteiger partial charge in [-0.2, -0.15) is 4.39 Å². The highest BCUT2D eigenvalue weighted by molar-refractivity contribution is 5.87. The number of allylic oxidation sites excluding steroid dienone is 1. The topological polar surface area (TPSA) is 107 Å². The number of hydrogen-bond donors (Lipinski definition) is 2. The van der Waals surface area contributed by atoms with Gasteiger partial charge < -0.3 is 29.8 Å². The number of rotatable bonds is 5. The zero-order valence-corrected chi connectivity index (χ0v) is 17.2. The van der Waals surface area contributed by atoms with Crippen LogP contribution in [0.1, 0.15) is 46.9 Å². The van der Waals surface area contributed by atoms with Crippen LogP contribution in [0, 0.1) is 5.92 Å². The van der Waals surface area contributed by atoms with Gasteiger partial charge in [-0.1, -0.05) is 0 Å². The van der Waals surface area contributed by atoms with Gasteiger partial charge in [0.15, 0.2) is 5.43 Å². The van der Waals surface area contributed by atoms with E-state index in [4.69, 9.17) is 15.2 Å². The second-order valence-corrected chi connectivity index (χ2v) is 8.86. The number of nitrogens with two attached hydrogens (primary N) is 1. The Bertz CT molecular complexity index is 1050. The minimum atomic E-state index is -2.73. The molecule has 3 fully saturated rings. The predicted octanol–water partition coefficient (Wildman–Crippen LogP) is 1.44. The highest BCUT2D eigenvalue weighted by Gasteiger charge is 2.57.